The van der Waals surface area contributed by atoms with Crippen molar-refractivity contribution in [3.8, 4) is 0 Å². The van der Waals surface area contributed by atoms with Gasteiger partial charge in [0.05, 0.1) is 64.1 Å². The van der Waals surface area contributed by atoms with E-state index in [1.54, 1.807) is 0 Å². The third-order valence-electron chi connectivity index (χ3n) is 16.6. The molecule has 0 radical (unpaired) electrons. The second-order valence-corrected chi connectivity index (χ2v) is 21.1. The maximum Gasteiger partial charge on any atom is 0.155 e. The van der Waals surface area contributed by atoms with Crippen LogP contribution >= 0.6 is 0 Å². The van der Waals surface area contributed by atoms with E-state index in [9.17, 15) is 0 Å². The Morgan fingerprint density at radius 3 is 0.982 bits per heavy atom. The van der Waals surface area contributed by atoms with Gasteiger partial charge in [0.2, 0.25) is 0 Å². The molecule has 4 unspecified atom stereocenters. The molecule has 7 aliphatic rings. The molecule has 0 amide bonds. The van der Waals surface area contributed by atoms with Gasteiger partial charge in [0, 0.05) is 0 Å². The molecule has 5 aliphatic carbocycles. The zero-order valence-electron chi connectivity index (χ0n) is 36.7. The van der Waals surface area contributed by atoms with Gasteiger partial charge in [0.1, 0.15) is 12.2 Å². The van der Waals surface area contributed by atoms with Gasteiger partial charge in [-0.1, -0.05) is 27.7 Å². The van der Waals surface area contributed by atoms with Crippen molar-refractivity contribution in [2.24, 2.45) is 46.3 Å². The van der Waals surface area contributed by atoms with Gasteiger partial charge < -0.3 is 37.9 Å². The van der Waals surface area contributed by atoms with Gasteiger partial charge in [-0.05, 0) is 189 Å². The van der Waals surface area contributed by atoms with Gasteiger partial charge in [-0.15, -0.1) is 0 Å². The number of hydrogen-bond donors (Lipinski definition) is 0. The summed E-state index contributed by atoms with van der Waals surface area (Å²) in [5.41, 5.74) is 0.788. The van der Waals surface area contributed by atoms with Crippen LogP contribution < -0.4 is 0 Å². The van der Waals surface area contributed by atoms with E-state index in [1.165, 1.54) is 128 Å². The second-order valence-electron chi connectivity index (χ2n) is 21.1. The van der Waals surface area contributed by atoms with E-state index in [0.717, 1.165) is 63.3 Å². The Kier molecular flexibility index (Phi) is 16.0. The van der Waals surface area contributed by atoms with Crippen LogP contribution in [0, 0.1) is 46.3 Å². The van der Waals surface area contributed by atoms with Crippen LogP contribution in [0.15, 0.2) is 0 Å². The summed E-state index contributed by atoms with van der Waals surface area (Å²) >= 11 is 0. The standard InChI is InChI=1S/C48H84O8/c1-33(55-43-23-15-39(16-24-43)47(3,4)37-11-19-41(20-12-37)51-29-45-31-53-45)49-27-35-7-9-36(10-8-35)28-50-34(2)56-44-25-17-40(18-26-44)48(5,6)38-13-21-42(22-14-38)52-30-46-32-54-46/h33-46H,7-32H2,1-6H3. The van der Waals surface area contributed by atoms with Crippen LogP contribution in [-0.4, -0.2) is 88.8 Å². The molecule has 0 aromatic carbocycles. The van der Waals surface area contributed by atoms with Crippen molar-refractivity contribution in [3.05, 3.63) is 0 Å². The molecular weight excluding hydrogens is 705 g/mol. The molecule has 7 rings (SSSR count). The van der Waals surface area contributed by atoms with Gasteiger partial charge >= 0.3 is 0 Å². The molecule has 2 saturated heterocycles. The lowest BCUT2D eigenvalue weighted by Crippen LogP contribution is -2.39. The topological polar surface area (TPSA) is 80.4 Å². The Hall–Kier alpha value is -0.320. The van der Waals surface area contributed by atoms with Crippen LogP contribution in [0.4, 0.5) is 0 Å². The Bertz CT molecular complexity index is 1030. The van der Waals surface area contributed by atoms with E-state index >= 15 is 0 Å². The maximum atomic E-state index is 6.48. The molecule has 0 aromatic rings. The minimum Gasteiger partial charge on any atom is -0.375 e. The maximum absolute atomic E-state index is 6.48. The average molecular weight is 789 g/mol. The van der Waals surface area contributed by atoms with Crippen LogP contribution in [0.1, 0.15) is 170 Å². The first-order chi connectivity index (χ1) is 27.0. The van der Waals surface area contributed by atoms with E-state index in [0.29, 0.717) is 59.3 Å². The number of ether oxygens (including phenoxy) is 8. The third-order valence-corrected chi connectivity index (χ3v) is 16.6. The summed E-state index contributed by atoms with van der Waals surface area (Å²) < 4.78 is 48.5. The zero-order chi connectivity index (χ0) is 39.1. The molecule has 0 spiro atoms. The summed E-state index contributed by atoms with van der Waals surface area (Å²) in [4.78, 5) is 0. The van der Waals surface area contributed by atoms with Crippen molar-refractivity contribution in [1.29, 1.82) is 0 Å². The quantitative estimate of drug-likeness (QED) is 0.0891. The molecule has 2 aliphatic heterocycles. The highest BCUT2D eigenvalue weighted by molar-refractivity contribution is 4.93. The predicted molar refractivity (Wildman–Crippen MR) is 220 cm³/mol. The molecule has 2 heterocycles. The lowest BCUT2D eigenvalue weighted by Gasteiger charge is -2.46. The first kappa shape index (κ1) is 43.8. The fourth-order valence-electron chi connectivity index (χ4n) is 12.0. The van der Waals surface area contributed by atoms with Crippen molar-refractivity contribution >= 4 is 0 Å². The largest absolute Gasteiger partial charge is 0.375 e. The van der Waals surface area contributed by atoms with E-state index < -0.39 is 0 Å². The molecule has 0 N–H and O–H groups in total. The molecule has 0 bridgehead atoms. The summed E-state index contributed by atoms with van der Waals surface area (Å²) in [5.74, 6) is 4.48. The highest BCUT2D eigenvalue weighted by atomic mass is 16.7. The Balaban J connectivity index is 0.699. The van der Waals surface area contributed by atoms with Gasteiger partial charge in [-0.2, -0.15) is 0 Å². The summed E-state index contributed by atoms with van der Waals surface area (Å²) in [7, 11) is 0. The smallest absolute Gasteiger partial charge is 0.155 e. The first-order valence-corrected chi connectivity index (χ1v) is 24.0. The Labute approximate surface area is 342 Å². The van der Waals surface area contributed by atoms with Gasteiger partial charge in [-0.3, -0.25) is 0 Å². The van der Waals surface area contributed by atoms with Gasteiger partial charge in [0.25, 0.3) is 0 Å². The molecule has 56 heavy (non-hydrogen) atoms. The fourth-order valence-corrected chi connectivity index (χ4v) is 12.0. The minimum atomic E-state index is -0.117. The van der Waals surface area contributed by atoms with Crippen molar-refractivity contribution in [3.63, 3.8) is 0 Å². The lowest BCUT2D eigenvalue weighted by molar-refractivity contribution is -0.183. The highest BCUT2D eigenvalue weighted by Gasteiger charge is 2.43. The second kappa shape index (κ2) is 20.5. The van der Waals surface area contributed by atoms with Crippen LogP contribution in [0.5, 0.6) is 0 Å². The number of rotatable bonds is 20. The molecular formula is C48H84O8. The Morgan fingerprint density at radius 2 is 0.696 bits per heavy atom. The molecule has 8 nitrogen and oxygen atoms in total. The molecule has 8 heteroatoms. The summed E-state index contributed by atoms with van der Waals surface area (Å²) in [6.07, 6.45) is 26.9. The molecule has 0 aromatic heterocycles. The monoisotopic (exact) mass is 789 g/mol. The van der Waals surface area contributed by atoms with Crippen LogP contribution in [0.25, 0.3) is 0 Å². The van der Waals surface area contributed by atoms with Gasteiger partial charge in [0.15, 0.2) is 12.6 Å². The van der Waals surface area contributed by atoms with E-state index in [4.69, 9.17) is 37.9 Å². The first-order valence-electron chi connectivity index (χ1n) is 24.0. The lowest BCUT2D eigenvalue weighted by atomic mass is 9.60. The van der Waals surface area contributed by atoms with Crippen molar-refractivity contribution in [1.82, 2.24) is 0 Å². The summed E-state index contributed by atoms with van der Waals surface area (Å²) in [6, 6.07) is 0. The molecule has 7 fully saturated rings. The van der Waals surface area contributed by atoms with Crippen molar-refractivity contribution in [2.75, 3.05) is 39.6 Å². The van der Waals surface area contributed by atoms with Crippen LogP contribution in [-0.2, 0) is 37.9 Å². The number of hydrogen-bond acceptors (Lipinski definition) is 8. The van der Waals surface area contributed by atoms with E-state index in [2.05, 4.69) is 41.5 Å². The number of epoxide rings is 2. The van der Waals surface area contributed by atoms with Crippen LogP contribution in [0.2, 0.25) is 0 Å². The van der Waals surface area contributed by atoms with E-state index in [-0.39, 0.29) is 12.6 Å². The molecule has 5 saturated carbocycles. The SMILES string of the molecule is CC(OCC1CCC(COC(C)OC2CCC(C(C)(C)C3CCC(OCC4CO4)CC3)CC2)CC1)OC1CCC(C(C)(C)C2CCC(OCC3CO3)CC2)CC1. The molecule has 324 valence electrons. The normalized spacial score (nSPS) is 39.5. The highest BCUT2D eigenvalue weighted by Crippen LogP contribution is 2.50. The summed E-state index contributed by atoms with van der Waals surface area (Å²) in [5, 5.41) is 0. The van der Waals surface area contributed by atoms with Crippen LogP contribution in [0.3, 0.4) is 0 Å². The summed E-state index contributed by atoms with van der Waals surface area (Å²) in [6.45, 7) is 19.5. The predicted octanol–water partition coefficient (Wildman–Crippen LogP) is 10.7. The fraction of sp³-hybridized carbons (Fsp3) is 1.00. The van der Waals surface area contributed by atoms with Gasteiger partial charge in [-0.25, -0.2) is 0 Å². The minimum absolute atomic E-state index is 0.117. The van der Waals surface area contributed by atoms with Crippen molar-refractivity contribution in [2.45, 2.75) is 219 Å². The van der Waals surface area contributed by atoms with Crippen molar-refractivity contribution < 1.29 is 37.9 Å². The third kappa shape index (κ3) is 12.8. The van der Waals surface area contributed by atoms with E-state index in [1.807, 2.05) is 0 Å². The Morgan fingerprint density at radius 1 is 0.411 bits per heavy atom. The zero-order valence-corrected chi connectivity index (χ0v) is 36.7. The molecule has 4 atom stereocenters. The average Bonchev–Trinajstić information content (AvgIpc) is 4.16.